The monoisotopic (exact) mass is 507 g/mol. The summed E-state index contributed by atoms with van der Waals surface area (Å²) >= 11 is 0. The number of carbonyl (C=O) groups is 1. The van der Waals surface area contributed by atoms with Crippen molar-refractivity contribution in [3.63, 3.8) is 0 Å². The number of likely N-dealkylation sites (N-methyl/N-ethyl adjacent to an activating group) is 2. The quantitative estimate of drug-likeness (QED) is 0.281. The lowest BCUT2D eigenvalue weighted by atomic mass is 10.1. The maximum Gasteiger partial charge on any atom is 0.243 e. The van der Waals surface area contributed by atoms with Crippen molar-refractivity contribution in [2.24, 2.45) is 4.99 Å². The molecular formula is C19H38IN7O. The molecule has 2 atom stereocenters. The minimum absolute atomic E-state index is 0. The molecule has 162 valence electrons. The maximum atomic E-state index is 12.0. The number of aliphatic imine (C=N–C) groups is 1. The number of nitrogens with zero attached hydrogens (tertiary/aromatic N) is 5. The van der Waals surface area contributed by atoms with Gasteiger partial charge in [-0.05, 0) is 25.9 Å². The molecule has 4 aliphatic rings. The van der Waals surface area contributed by atoms with Crippen LogP contribution in [0.2, 0.25) is 0 Å². The molecule has 0 radical (unpaired) electrons. The van der Waals surface area contributed by atoms with Gasteiger partial charge in [0.2, 0.25) is 5.91 Å². The van der Waals surface area contributed by atoms with Gasteiger partial charge in [0.1, 0.15) is 6.54 Å². The number of halogens is 1. The van der Waals surface area contributed by atoms with Crippen LogP contribution >= 0.6 is 24.0 Å². The first kappa shape index (κ1) is 23.6. The van der Waals surface area contributed by atoms with Gasteiger partial charge >= 0.3 is 0 Å². The van der Waals surface area contributed by atoms with Crippen LogP contribution in [0, 0.1) is 0 Å². The third kappa shape index (κ3) is 6.43. The molecule has 1 amide bonds. The molecule has 4 aliphatic heterocycles. The van der Waals surface area contributed by atoms with Crippen molar-refractivity contribution >= 4 is 35.8 Å². The van der Waals surface area contributed by atoms with Crippen molar-refractivity contribution in [2.75, 3.05) is 79.5 Å². The molecule has 4 fully saturated rings. The fourth-order valence-electron chi connectivity index (χ4n) is 4.35. The highest BCUT2D eigenvalue weighted by Crippen LogP contribution is 2.16. The van der Waals surface area contributed by atoms with Gasteiger partial charge in [-0.1, -0.05) is 6.92 Å². The topological polar surface area (TPSA) is 66.5 Å². The Labute approximate surface area is 187 Å². The van der Waals surface area contributed by atoms with Crippen molar-refractivity contribution in [2.45, 2.75) is 31.8 Å². The number of rotatable bonds is 7. The average molecular weight is 507 g/mol. The third-order valence-electron chi connectivity index (χ3n) is 6.18. The van der Waals surface area contributed by atoms with Crippen LogP contribution in [-0.4, -0.2) is 123 Å². The van der Waals surface area contributed by atoms with Crippen molar-refractivity contribution < 1.29 is 4.79 Å². The van der Waals surface area contributed by atoms with E-state index in [1.165, 1.54) is 45.6 Å². The summed E-state index contributed by atoms with van der Waals surface area (Å²) in [6, 6.07) is 1.09. The van der Waals surface area contributed by atoms with Crippen molar-refractivity contribution in [3.05, 3.63) is 0 Å². The smallest absolute Gasteiger partial charge is 0.243 e. The fourth-order valence-corrected chi connectivity index (χ4v) is 4.35. The van der Waals surface area contributed by atoms with Gasteiger partial charge in [-0.15, -0.1) is 24.0 Å². The average Bonchev–Trinajstić information content (AvgIpc) is 3.15. The first-order valence-electron chi connectivity index (χ1n) is 10.5. The molecule has 4 heterocycles. The highest BCUT2D eigenvalue weighted by atomic mass is 127. The van der Waals surface area contributed by atoms with E-state index in [2.05, 4.69) is 37.2 Å². The standard InChI is InChI=1S/C19H37N7O.HI/c1-4-25-7-5-6-16(25)12-20-19(22-14-18(27)23(2)3)21-13-17-15-24-8-10-26(17)11-9-24;/h16-17H,4-15H2,1-3H3,(H2,20,21,22);1H. The molecule has 8 nitrogen and oxygen atoms in total. The maximum absolute atomic E-state index is 12.0. The predicted molar refractivity (Wildman–Crippen MR) is 124 cm³/mol. The Morgan fingerprint density at radius 1 is 1.07 bits per heavy atom. The molecule has 0 spiro atoms. The van der Waals surface area contributed by atoms with E-state index in [9.17, 15) is 4.79 Å². The van der Waals surface area contributed by atoms with Crippen LogP contribution in [0.1, 0.15) is 19.8 Å². The zero-order chi connectivity index (χ0) is 19.2. The Balaban J connectivity index is 0.00000280. The number of hydrogen-bond acceptors (Lipinski definition) is 5. The number of carbonyl (C=O) groups excluding carboxylic acids is 1. The van der Waals surface area contributed by atoms with Gasteiger partial charge in [0.15, 0.2) is 5.96 Å². The van der Waals surface area contributed by atoms with Crippen LogP contribution in [0.3, 0.4) is 0 Å². The second-order valence-electron chi connectivity index (χ2n) is 8.13. The summed E-state index contributed by atoms with van der Waals surface area (Å²) in [5, 5.41) is 7.00. The molecule has 2 N–H and O–H groups in total. The van der Waals surface area contributed by atoms with E-state index in [0.717, 1.165) is 32.1 Å². The van der Waals surface area contributed by atoms with E-state index >= 15 is 0 Å². The van der Waals surface area contributed by atoms with Crippen LogP contribution in [0.25, 0.3) is 0 Å². The molecule has 0 aliphatic carbocycles. The summed E-state index contributed by atoms with van der Waals surface area (Å²) in [4.78, 5) is 25.7. The normalized spacial score (nSPS) is 30.0. The molecule has 4 saturated heterocycles. The molecule has 2 unspecified atom stereocenters. The van der Waals surface area contributed by atoms with Gasteiger partial charge in [-0.2, -0.15) is 0 Å². The lowest BCUT2D eigenvalue weighted by Crippen LogP contribution is -2.64. The molecular weight excluding hydrogens is 469 g/mol. The lowest BCUT2D eigenvalue weighted by Gasteiger charge is -2.47. The molecule has 9 heteroatoms. The summed E-state index contributed by atoms with van der Waals surface area (Å²) < 4.78 is 0. The lowest BCUT2D eigenvalue weighted by molar-refractivity contribution is -0.127. The molecule has 4 rings (SSSR count). The Kier molecular flexibility index (Phi) is 9.72. The van der Waals surface area contributed by atoms with Gasteiger partial charge < -0.3 is 15.5 Å². The minimum atomic E-state index is 0. The van der Waals surface area contributed by atoms with Gasteiger partial charge in [0, 0.05) is 72.0 Å². The van der Waals surface area contributed by atoms with Gasteiger partial charge in [0.25, 0.3) is 0 Å². The van der Waals surface area contributed by atoms with E-state index < -0.39 is 0 Å². The van der Waals surface area contributed by atoms with E-state index in [1.54, 1.807) is 19.0 Å². The second kappa shape index (κ2) is 11.5. The Morgan fingerprint density at radius 3 is 2.32 bits per heavy atom. The summed E-state index contributed by atoms with van der Waals surface area (Å²) in [6.45, 7) is 12.3. The third-order valence-corrected chi connectivity index (χ3v) is 6.18. The highest BCUT2D eigenvalue weighted by Gasteiger charge is 2.31. The van der Waals surface area contributed by atoms with E-state index in [0.29, 0.717) is 12.1 Å². The highest BCUT2D eigenvalue weighted by molar-refractivity contribution is 14.0. The number of guanidine groups is 1. The number of hydrogen-bond donors (Lipinski definition) is 2. The summed E-state index contributed by atoms with van der Waals surface area (Å²) in [5.41, 5.74) is 0. The number of amides is 1. The molecule has 0 aromatic carbocycles. The van der Waals surface area contributed by atoms with Crippen LogP contribution < -0.4 is 10.6 Å². The number of piperazine rings is 3. The second-order valence-corrected chi connectivity index (χ2v) is 8.13. The summed E-state index contributed by atoms with van der Waals surface area (Å²) in [5.74, 6) is 0.796. The first-order chi connectivity index (χ1) is 13.1. The first-order valence-corrected chi connectivity index (χ1v) is 10.5. The van der Waals surface area contributed by atoms with Gasteiger partial charge in [-0.3, -0.25) is 19.5 Å². The number of nitrogens with one attached hydrogen (secondary N) is 2. The number of fused-ring (bicyclic) bond motifs is 3. The SMILES string of the molecule is CCN1CCCC1CNC(=NCC(=O)N(C)C)NCC1CN2CCN1CC2.I. The zero-order valence-corrected chi connectivity index (χ0v) is 20.0. The Hall–Kier alpha value is -0.650. The fraction of sp³-hybridized carbons (Fsp3) is 0.895. The molecule has 0 saturated carbocycles. The van der Waals surface area contributed by atoms with Crippen LogP contribution in [0.15, 0.2) is 4.99 Å². The molecule has 0 aromatic heterocycles. The summed E-state index contributed by atoms with van der Waals surface area (Å²) in [6.07, 6.45) is 2.50. The van der Waals surface area contributed by atoms with Gasteiger partial charge in [0.05, 0.1) is 0 Å². The van der Waals surface area contributed by atoms with Crippen molar-refractivity contribution in [1.82, 2.24) is 30.2 Å². The van der Waals surface area contributed by atoms with E-state index in [4.69, 9.17) is 0 Å². The summed E-state index contributed by atoms with van der Waals surface area (Å²) in [7, 11) is 3.55. The van der Waals surface area contributed by atoms with Crippen LogP contribution in [0.5, 0.6) is 0 Å². The zero-order valence-electron chi connectivity index (χ0n) is 17.7. The van der Waals surface area contributed by atoms with Crippen LogP contribution in [-0.2, 0) is 4.79 Å². The van der Waals surface area contributed by atoms with Crippen molar-refractivity contribution in [1.29, 1.82) is 0 Å². The Morgan fingerprint density at radius 2 is 1.75 bits per heavy atom. The largest absolute Gasteiger partial charge is 0.355 e. The molecule has 28 heavy (non-hydrogen) atoms. The predicted octanol–water partition coefficient (Wildman–Crippen LogP) is -0.288. The molecule has 2 bridgehead atoms. The Bertz CT molecular complexity index is 522. The van der Waals surface area contributed by atoms with E-state index in [1.807, 2.05) is 0 Å². The van der Waals surface area contributed by atoms with Crippen molar-refractivity contribution in [3.8, 4) is 0 Å². The molecule has 0 aromatic rings. The van der Waals surface area contributed by atoms with Crippen LogP contribution in [0.4, 0.5) is 0 Å². The minimum Gasteiger partial charge on any atom is -0.355 e. The van der Waals surface area contributed by atoms with Gasteiger partial charge in [-0.25, -0.2) is 4.99 Å². The number of likely N-dealkylation sites (tertiary alicyclic amines) is 1. The van der Waals surface area contributed by atoms with E-state index in [-0.39, 0.29) is 36.4 Å².